The number of rotatable bonds is 3. The van der Waals surface area contributed by atoms with Crippen molar-refractivity contribution in [3.05, 3.63) is 29.3 Å². The summed E-state index contributed by atoms with van der Waals surface area (Å²) in [5, 5.41) is 1.71. The van der Waals surface area contributed by atoms with Crippen molar-refractivity contribution in [3.63, 3.8) is 0 Å². The minimum Gasteiger partial charge on any atom is -0.493 e. The lowest BCUT2D eigenvalue weighted by atomic mass is 10.1. The molecule has 2 N–H and O–H groups in total. The molecule has 2 aromatic rings. The second-order valence-corrected chi connectivity index (χ2v) is 4.61. The third-order valence-corrected chi connectivity index (χ3v) is 3.00. The molecule has 84 valence electrons. The van der Waals surface area contributed by atoms with E-state index in [0.717, 1.165) is 27.0 Å². The van der Waals surface area contributed by atoms with Crippen molar-refractivity contribution in [1.29, 1.82) is 0 Å². The molecule has 0 saturated heterocycles. The Labute approximate surface area is 98.9 Å². The molecule has 16 heavy (non-hydrogen) atoms. The van der Waals surface area contributed by atoms with Crippen LogP contribution in [0.2, 0.25) is 0 Å². The zero-order valence-corrected chi connectivity index (χ0v) is 10.2. The number of aryl methyl sites for hydroxylation is 1. The van der Waals surface area contributed by atoms with Gasteiger partial charge >= 0.3 is 0 Å². The second-order valence-electron chi connectivity index (χ2n) is 3.37. The molecule has 1 aromatic carbocycles. The van der Waals surface area contributed by atoms with Gasteiger partial charge in [0, 0.05) is 5.56 Å². The Balaban J connectivity index is 2.50. The molecule has 3 nitrogen and oxygen atoms in total. The fourth-order valence-corrected chi connectivity index (χ4v) is 2.29. The molecular weight excluding hydrogens is 220 g/mol. The summed E-state index contributed by atoms with van der Waals surface area (Å²) in [7, 11) is 0. The van der Waals surface area contributed by atoms with Crippen LogP contribution in [0.1, 0.15) is 11.9 Å². The van der Waals surface area contributed by atoms with Gasteiger partial charge in [-0.2, -0.15) is 0 Å². The quantitative estimate of drug-likeness (QED) is 0.887. The number of ether oxygens (including phenoxy) is 1. The highest BCUT2D eigenvalue weighted by molar-refractivity contribution is 7.16. The van der Waals surface area contributed by atoms with Crippen LogP contribution in [0.5, 0.6) is 5.75 Å². The molecule has 2 rings (SSSR count). The molecule has 1 aromatic heterocycles. The number of nitrogen functional groups attached to an aromatic ring is 1. The minimum atomic E-state index is 0.639. The summed E-state index contributed by atoms with van der Waals surface area (Å²) in [6, 6.07) is 7.83. The van der Waals surface area contributed by atoms with E-state index in [-0.39, 0.29) is 0 Å². The molecule has 0 spiro atoms. The van der Waals surface area contributed by atoms with Crippen LogP contribution < -0.4 is 10.5 Å². The Morgan fingerprint density at radius 1 is 1.38 bits per heavy atom. The highest BCUT2D eigenvalue weighted by atomic mass is 32.1. The number of aromatic nitrogens is 1. The smallest absolute Gasteiger partial charge is 0.128 e. The normalized spacial score (nSPS) is 10.4. The van der Waals surface area contributed by atoms with E-state index in [4.69, 9.17) is 10.5 Å². The third kappa shape index (κ3) is 2.02. The maximum Gasteiger partial charge on any atom is 0.128 e. The zero-order valence-electron chi connectivity index (χ0n) is 9.36. The molecule has 0 saturated carbocycles. The van der Waals surface area contributed by atoms with Crippen molar-refractivity contribution >= 4 is 16.3 Å². The summed E-state index contributed by atoms with van der Waals surface area (Å²) >= 11 is 1.50. The van der Waals surface area contributed by atoms with Gasteiger partial charge in [0.15, 0.2) is 0 Å². The van der Waals surface area contributed by atoms with Crippen LogP contribution in [0, 0.1) is 6.92 Å². The van der Waals surface area contributed by atoms with Crippen molar-refractivity contribution in [1.82, 2.24) is 4.98 Å². The molecule has 0 atom stereocenters. The van der Waals surface area contributed by atoms with Gasteiger partial charge in [-0.3, -0.25) is 0 Å². The number of nitrogens with zero attached hydrogens (tertiary/aromatic N) is 1. The van der Waals surface area contributed by atoms with Crippen LogP contribution in [0.15, 0.2) is 24.3 Å². The van der Waals surface area contributed by atoms with Crippen molar-refractivity contribution in [2.45, 2.75) is 13.8 Å². The van der Waals surface area contributed by atoms with Crippen molar-refractivity contribution in [2.75, 3.05) is 12.3 Å². The predicted molar refractivity (Wildman–Crippen MR) is 67.9 cm³/mol. The van der Waals surface area contributed by atoms with Gasteiger partial charge in [0.25, 0.3) is 0 Å². The lowest BCUT2D eigenvalue weighted by molar-refractivity contribution is 0.341. The molecule has 0 aliphatic carbocycles. The van der Waals surface area contributed by atoms with Crippen LogP contribution in [-0.2, 0) is 0 Å². The average Bonchev–Trinajstić information content (AvgIpc) is 2.59. The SMILES string of the molecule is CCOc1ccccc1-c1nc(C)sc1N. The lowest BCUT2D eigenvalue weighted by Crippen LogP contribution is -1.95. The molecule has 0 bridgehead atoms. The van der Waals surface area contributed by atoms with E-state index in [0.29, 0.717) is 6.61 Å². The first-order valence-corrected chi connectivity index (χ1v) is 5.99. The first kappa shape index (κ1) is 11.0. The molecule has 0 amide bonds. The topological polar surface area (TPSA) is 48.1 Å². The van der Waals surface area contributed by atoms with E-state index in [1.54, 1.807) is 0 Å². The Kier molecular flexibility index (Phi) is 3.10. The van der Waals surface area contributed by atoms with Gasteiger partial charge in [0.2, 0.25) is 0 Å². The van der Waals surface area contributed by atoms with Crippen molar-refractivity contribution in [2.24, 2.45) is 0 Å². The molecule has 4 heteroatoms. The lowest BCUT2D eigenvalue weighted by Gasteiger charge is -2.08. The van der Waals surface area contributed by atoms with E-state index >= 15 is 0 Å². The van der Waals surface area contributed by atoms with Crippen molar-refractivity contribution < 1.29 is 4.74 Å². The summed E-state index contributed by atoms with van der Waals surface area (Å²) in [5.41, 5.74) is 7.73. The van der Waals surface area contributed by atoms with E-state index in [9.17, 15) is 0 Å². The van der Waals surface area contributed by atoms with E-state index < -0.39 is 0 Å². The molecule has 0 fully saturated rings. The van der Waals surface area contributed by atoms with Crippen LogP contribution in [0.4, 0.5) is 5.00 Å². The number of hydrogen-bond donors (Lipinski definition) is 1. The first-order valence-electron chi connectivity index (χ1n) is 5.17. The van der Waals surface area contributed by atoms with Gasteiger partial charge in [0.1, 0.15) is 16.4 Å². The van der Waals surface area contributed by atoms with Gasteiger partial charge in [-0.15, -0.1) is 11.3 Å². The molecule has 0 aliphatic rings. The average molecular weight is 234 g/mol. The summed E-state index contributed by atoms with van der Waals surface area (Å²) in [4.78, 5) is 4.44. The van der Waals surface area contributed by atoms with Gasteiger partial charge in [-0.05, 0) is 26.0 Å². The van der Waals surface area contributed by atoms with Gasteiger partial charge < -0.3 is 10.5 Å². The number of hydrogen-bond acceptors (Lipinski definition) is 4. The standard InChI is InChI=1S/C12H14N2OS/c1-3-15-10-7-5-4-6-9(10)11-12(13)16-8(2)14-11/h4-7H,3,13H2,1-2H3. The van der Waals surface area contributed by atoms with Gasteiger partial charge in [0.05, 0.1) is 11.6 Å². The Bertz CT molecular complexity index is 494. The third-order valence-electron chi connectivity index (χ3n) is 2.20. The monoisotopic (exact) mass is 234 g/mol. The zero-order chi connectivity index (χ0) is 11.5. The first-order chi connectivity index (χ1) is 7.72. The van der Waals surface area contributed by atoms with Gasteiger partial charge in [-0.1, -0.05) is 12.1 Å². The molecule has 0 radical (unpaired) electrons. The molecule has 0 unspecified atom stereocenters. The Morgan fingerprint density at radius 3 is 2.75 bits per heavy atom. The summed E-state index contributed by atoms with van der Waals surface area (Å²) in [6.45, 7) is 4.56. The molecule has 1 heterocycles. The minimum absolute atomic E-state index is 0.639. The summed E-state index contributed by atoms with van der Waals surface area (Å²) in [6.07, 6.45) is 0. The fraction of sp³-hybridized carbons (Fsp3) is 0.250. The maximum atomic E-state index is 5.94. The maximum absolute atomic E-state index is 5.94. The number of benzene rings is 1. The Hall–Kier alpha value is -1.55. The Morgan fingerprint density at radius 2 is 2.12 bits per heavy atom. The van der Waals surface area contributed by atoms with Crippen LogP contribution in [-0.4, -0.2) is 11.6 Å². The molecule has 0 aliphatic heterocycles. The summed E-state index contributed by atoms with van der Waals surface area (Å²) in [5.74, 6) is 0.835. The number of nitrogens with two attached hydrogens (primary N) is 1. The highest BCUT2D eigenvalue weighted by Crippen LogP contribution is 2.35. The number of anilines is 1. The van der Waals surface area contributed by atoms with E-state index in [1.165, 1.54) is 11.3 Å². The van der Waals surface area contributed by atoms with Crippen LogP contribution >= 0.6 is 11.3 Å². The molecular formula is C12H14N2OS. The fourth-order valence-electron chi connectivity index (χ4n) is 1.58. The highest BCUT2D eigenvalue weighted by Gasteiger charge is 2.12. The van der Waals surface area contributed by atoms with Crippen molar-refractivity contribution in [3.8, 4) is 17.0 Å². The van der Waals surface area contributed by atoms with Gasteiger partial charge in [-0.25, -0.2) is 4.98 Å². The van der Waals surface area contributed by atoms with E-state index in [2.05, 4.69) is 4.98 Å². The van der Waals surface area contributed by atoms with E-state index in [1.807, 2.05) is 38.1 Å². The largest absolute Gasteiger partial charge is 0.493 e. The summed E-state index contributed by atoms with van der Waals surface area (Å²) < 4.78 is 5.56. The number of para-hydroxylation sites is 1. The number of thiazole rings is 1. The van der Waals surface area contributed by atoms with Crippen LogP contribution in [0.25, 0.3) is 11.3 Å². The second kappa shape index (κ2) is 4.53. The predicted octanol–water partition coefficient (Wildman–Crippen LogP) is 3.10. The van der Waals surface area contributed by atoms with Crippen LogP contribution in [0.3, 0.4) is 0 Å².